The van der Waals surface area contributed by atoms with Crippen molar-refractivity contribution >= 4 is 12.0 Å². The van der Waals surface area contributed by atoms with E-state index in [1.54, 1.807) is 6.08 Å². The van der Waals surface area contributed by atoms with E-state index in [0.29, 0.717) is 6.61 Å². The molecule has 1 aliphatic carbocycles. The van der Waals surface area contributed by atoms with Gasteiger partial charge in [0.25, 0.3) is 0 Å². The number of hydrogen-bond donors (Lipinski definition) is 2. The molecule has 1 aliphatic rings. The Bertz CT molecular complexity index is 499. The Balaban J connectivity index is 1.95. The molecular weight excluding hydrogens is 266 g/mol. The number of benzene rings is 1. The molecule has 114 valence electrons. The summed E-state index contributed by atoms with van der Waals surface area (Å²) in [5.74, 6) is 0.592. The molecule has 4 nitrogen and oxygen atoms in total. The molecule has 0 heterocycles. The molecule has 1 aromatic carbocycles. The molecule has 2 unspecified atom stereocenters. The molecule has 21 heavy (non-hydrogen) atoms. The van der Waals surface area contributed by atoms with E-state index in [1.807, 2.05) is 31.2 Å². The second-order valence-electron chi connectivity index (χ2n) is 5.27. The zero-order valence-corrected chi connectivity index (χ0v) is 12.4. The summed E-state index contributed by atoms with van der Waals surface area (Å²) in [6.45, 7) is 2.52. The van der Waals surface area contributed by atoms with Crippen LogP contribution in [0.4, 0.5) is 0 Å². The number of aliphatic hydroxyl groups is 1. The highest BCUT2D eigenvalue weighted by Crippen LogP contribution is 2.20. The molecule has 4 heteroatoms. The van der Waals surface area contributed by atoms with Crippen LogP contribution in [0.25, 0.3) is 6.08 Å². The molecule has 0 aliphatic heterocycles. The number of carbonyl (C=O) groups excluding carboxylic acids is 1. The monoisotopic (exact) mass is 289 g/mol. The van der Waals surface area contributed by atoms with Crippen LogP contribution in [-0.2, 0) is 4.79 Å². The molecule has 1 amide bonds. The van der Waals surface area contributed by atoms with Crippen LogP contribution in [0.1, 0.15) is 38.2 Å². The highest BCUT2D eigenvalue weighted by Gasteiger charge is 2.23. The highest BCUT2D eigenvalue weighted by atomic mass is 16.5. The van der Waals surface area contributed by atoms with Crippen molar-refractivity contribution in [1.29, 1.82) is 0 Å². The lowest BCUT2D eigenvalue weighted by molar-refractivity contribution is -0.118. The van der Waals surface area contributed by atoms with Crippen molar-refractivity contribution in [2.75, 3.05) is 6.61 Å². The van der Waals surface area contributed by atoms with Gasteiger partial charge in [-0.15, -0.1) is 0 Å². The second-order valence-corrected chi connectivity index (χ2v) is 5.27. The van der Waals surface area contributed by atoms with Gasteiger partial charge in [-0.1, -0.05) is 31.0 Å². The van der Waals surface area contributed by atoms with Gasteiger partial charge in [0.2, 0.25) is 5.91 Å². The Labute approximate surface area is 125 Å². The number of ether oxygens (including phenoxy) is 1. The fourth-order valence-electron chi connectivity index (χ4n) is 2.58. The third-order valence-electron chi connectivity index (χ3n) is 3.69. The predicted molar refractivity (Wildman–Crippen MR) is 83.1 cm³/mol. The van der Waals surface area contributed by atoms with Crippen LogP contribution in [0.5, 0.6) is 5.75 Å². The molecule has 2 atom stereocenters. The molecule has 0 saturated heterocycles. The Hall–Kier alpha value is -1.81. The van der Waals surface area contributed by atoms with Gasteiger partial charge in [0.1, 0.15) is 5.75 Å². The van der Waals surface area contributed by atoms with Gasteiger partial charge in [0.05, 0.1) is 18.8 Å². The Kier molecular flexibility index (Phi) is 5.81. The first-order valence-electron chi connectivity index (χ1n) is 7.59. The summed E-state index contributed by atoms with van der Waals surface area (Å²) in [6.07, 6.45) is 6.52. The molecular formula is C17H23NO3. The van der Waals surface area contributed by atoms with Crippen LogP contribution in [0.15, 0.2) is 30.3 Å². The van der Waals surface area contributed by atoms with Crippen molar-refractivity contribution < 1.29 is 14.6 Å². The smallest absolute Gasteiger partial charge is 0.244 e. The van der Waals surface area contributed by atoms with Crippen LogP contribution in [0, 0.1) is 0 Å². The zero-order valence-electron chi connectivity index (χ0n) is 12.4. The van der Waals surface area contributed by atoms with Crippen LogP contribution in [0.2, 0.25) is 0 Å². The Morgan fingerprint density at radius 3 is 2.90 bits per heavy atom. The van der Waals surface area contributed by atoms with Gasteiger partial charge in [0, 0.05) is 11.6 Å². The maximum absolute atomic E-state index is 11.9. The van der Waals surface area contributed by atoms with Crippen LogP contribution in [-0.4, -0.2) is 29.8 Å². The minimum atomic E-state index is -0.424. The van der Waals surface area contributed by atoms with Gasteiger partial charge in [-0.05, 0) is 31.9 Å². The first-order valence-corrected chi connectivity index (χ1v) is 7.59. The van der Waals surface area contributed by atoms with Gasteiger partial charge < -0.3 is 15.2 Å². The molecule has 0 spiro atoms. The quantitative estimate of drug-likeness (QED) is 0.819. The van der Waals surface area contributed by atoms with Gasteiger partial charge in [0.15, 0.2) is 0 Å². The zero-order chi connectivity index (χ0) is 15.1. The Morgan fingerprint density at radius 1 is 1.38 bits per heavy atom. The second kappa shape index (κ2) is 7.84. The SMILES string of the molecule is CCOc1ccccc1/C=C/C(=O)NC1CCCCC1O. The predicted octanol–water partition coefficient (Wildman–Crippen LogP) is 2.52. The minimum Gasteiger partial charge on any atom is -0.493 e. The number of nitrogens with one attached hydrogen (secondary N) is 1. The van der Waals surface area contributed by atoms with E-state index in [-0.39, 0.29) is 11.9 Å². The van der Waals surface area contributed by atoms with Crippen molar-refractivity contribution in [1.82, 2.24) is 5.32 Å². The molecule has 1 fully saturated rings. The molecule has 0 radical (unpaired) electrons. The topological polar surface area (TPSA) is 58.6 Å². The maximum atomic E-state index is 11.9. The number of para-hydroxylation sites is 1. The molecule has 1 aromatic rings. The van der Waals surface area contributed by atoms with Crippen molar-refractivity contribution in [3.05, 3.63) is 35.9 Å². The molecule has 2 rings (SSSR count). The van der Waals surface area contributed by atoms with E-state index in [2.05, 4.69) is 5.32 Å². The lowest BCUT2D eigenvalue weighted by atomic mass is 9.92. The van der Waals surface area contributed by atoms with Gasteiger partial charge in [-0.25, -0.2) is 0 Å². The standard InChI is InChI=1S/C17H23NO3/c1-2-21-16-10-6-3-7-13(16)11-12-17(20)18-14-8-4-5-9-15(14)19/h3,6-7,10-12,14-15,19H,2,4-5,8-9H2,1H3,(H,18,20)/b12-11+. The first kappa shape index (κ1) is 15.6. The summed E-state index contributed by atoms with van der Waals surface area (Å²) >= 11 is 0. The van der Waals surface area contributed by atoms with Gasteiger partial charge >= 0.3 is 0 Å². The van der Waals surface area contributed by atoms with Crippen LogP contribution in [0.3, 0.4) is 0 Å². The van der Waals surface area contributed by atoms with Gasteiger partial charge in [-0.3, -0.25) is 4.79 Å². The highest BCUT2D eigenvalue weighted by molar-refractivity contribution is 5.92. The lowest BCUT2D eigenvalue weighted by Crippen LogP contribution is -2.44. The van der Waals surface area contributed by atoms with Crippen LogP contribution < -0.4 is 10.1 Å². The fraction of sp³-hybridized carbons (Fsp3) is 0.471. The van der Waals surface area contributed by atoms with E-state index in [1.165, 1.54) is 6.08 Å². The van der Waals surface area contributed by atoms with Crippen LogP contribution >= 0.6 is 0 Å². The molecule has 0 aromatic heterocycles. The molecule has 1 saturated carbocycles. The largest absolute Gasteiger partial charge is 0.493 e. The summed E-state index contributed by atoms with van der Waals surface area (Å²) < 4.78 is 5.51. The number of carbonyl (C=O) groups is 1. The average molecular weight is 289 g/mol. The van der Waals surface area contributed by atoms with E-state index in [0.717, 1.165) is 37.0 Å². The van der Waals surface area contributed by atoms with Crippen molar-refractivity contribution in [2.24, 2.45) is 0 Å². The third-order valence-corrected chi connectivity index (χ3v) is 3.69. The fourth-order valence-corrected chi connectivity index (χ4v) is 2.58. The number of aliphatic hydroxyl groups excluding tert-OH is 1. The van der Waals surface area contributed by atoms with Gasteiger partial charge in [-0.2, -0.15) is 0 Å². The minimum absolute atomic E-state index is 0.127. The number of hydrogen-bond acceptors (Lipinski definition) is 3. The van der Waals surface area contributed by atoms with Crippen molar-refractivity contribution in [3.63, 3.8) is 0 Å². The van der Waals surface area contributed by atoms with E-state index >= 15 is 0 Å². The Morgan fingerprint density at radius 2 is 2.14 bits per heavy atom. The average Bonchev–Trinajstić information content (AvgIpc) is 2.49. The summed E-state index contributed by atoms with van der Waals surface area (Å²) in [4.78, 5) is 11.9. The van der Waals surface area contributed by atoms with E-state index in [4.69, 9.17) is 4.74 Å². The van der Waals surface area contributed by atoms with E-state index < -0.39 is 6.10 Å². The summed E-state index contributed by atoms with van der Waals surface area (Å²) in [6, 6.07) is 7.47. The lowest BCUT2D eigenvalue weighted by Gasteiger charge is -2.27. The first-order chi connectivity index (χ1) is 10.2. The molecule has 2 N–H and O–H groups in total. The number of amides is 1. The van der Waals surface area contributed by atoms with Crippen molar-refractivity contribution in [3.8, 4) is 5.75 Å². The summed E-state index contributed by atoms with van der Waals surface area (Å²) in [5.41, 5.74) is 0.874. The van der Waals surface area contributed by atoms with Crippen molar-refractivity contribution in [2.45, 2.75) is 44.8 Å². The maximum Gasteiger partial charge on any atom is 0.244 e. The number of rotatable bonds is 5. The third kappa shape index (κ3) is 4.60. The normalized spacial score (nSPS) is 22.2. The summed E-state index contributed by atoms with van der Waals surface area (Å²) in [7, 11) is 0. The summed E-state index contributed by atoms with van der Waals surface area (Å²) in [5, 5.41) is 12.7. The van der Waals surface area contributed by atoms with E-state index in [9.17, 15) is 9.90 Å². The molecule has 0 bridgehead atoms.